The Labute approximate surface area is 174 Å². The van der Waals surface area contributed by atoms with Crippen molar-refractivity contribution in [1.29, 1.82) is 0 Å². The number of imidazole rings is 1. The predicted octanol–water partition coefficient (Wildman–Crippen LogP) is 3.51. The summed E-state index contributed by atoms with van der Waals surface area (Å²) < 4.78 is 8.40. The molecule has 0 saturated carbocycles. The van der Waals surface area contributed by atoms with Crippen LogP contribution >= 0.6 is 0 Å². The Bertz CT molecular complexity index is 776. The molecule has 1 aromatic carbocycles. The minimum absolute atomic E-state index is 0.163. The van der Waals surface area contributed by atoms with Gasteiger partial charge in [-0.25, -0.2) is 4.98 Å². The van der Waals surface area contributed by atoms with E-state index in [0.717, 1.165) is 45.0 Å². The van der Waals surface area contributed by atoms with Gasteiger partial charge in [-0.05, 0) is 30.7 Å². The van der Waals surface area contributed by atoms with Crippen LogP contribution in [0.15, 0.2) is 54.0 Å². The smallest absolute Gasteiger partial charge is 0.193 e. The fraction of sp³-hybridized carbons (Fsp3) is 0.565. The van der Waals surface area contributed by atoms with E-state index in [9.17, 15) is 0 Å². The van der Waals surface area contributed by atoms with Crippen molar-refractivity contribution in [3.8, 4) is 0 Å². The van der Waals surface area contributed by atoms with Gasteiger partial charge in [0.15, 0.2) is 5.96 Å². The van der Waals surface area contributed by atoms with Gasteiger partial charge in [-0.15, -0.1) is 0 Å². The maximum Gasteiger partial charge on any atom is 0.193 e. The number of aromatic nitrogens is 2. The van der Waals surface area contributed by atoms with E-state index in [0.29, 0.717) is 17.9 Å². The number of guanidine groups is 1. The van der Waals surface area contributed by atoms with E-state index in [1.54, 1.807) is 0 Å². The van der Waals surface area contributed by atoms with Crippen LogP contribution in [-0.2, 0) is 4.74 Å². The summed E-state index contributed by atoms with van der Waals surface area (Å²) in [5.74, 6) is 2.09. The van der Waals surface area contributed by atoms with Crippen molar-refractivity contribution in [2.24, 2.45) is 16.8 Å². The summed E-state index contributed by atoms with van der Waals surface area (Å²) in [6.45, 7) is 6.06. The number of hydrogen-bond donors (Lipinski definition) is 1. The molecule has 2 aromatic rings. The molecule has 2 saturated heterocycles. The quantitative estimate of drug-likeness (QED) is 0.636. The second kappa shape index (κ2) is 9.44. The molecule has 4 unspecified atom stereocenters. The molecule has 0 bridgehead atoms. The number of piperidine rings is 1. The van der Waals surface area contributed by atoms with E-state index < -0.39 is 0 Å². The van der Waals surface area contributed by atoms with Crippen molar-refractivity contribution in [1.82, 2.24) is 19.8 Å². The molecule has 29 heavy (non-hydrogen) atoms. The molecule has 6 heteroatoms. The van der Waals surface area contributed by atoms with Crippen molar-refractivity contribution in [3.63, 3.8) is 0 Å². The van der Waals surface area contributed by atoms with Gasteiger partial charge in [0.25, 0.3) is 0 Å². The largest absolute Gasteiger partial charge is 0.373 e. The van der Waals surface area contributed by atoms with Crippen LogP contribution in [0.25, 0.3) is 0 Å². The van der Waals surface area contributed by atoms with Gasteiger partial charge in [-0.1, -0.05) is 37.3 Å². The van der Waals surface area contributed by atoms with E-state index in [1.165, 1.54) is 12.0 Å². The number of hydrogen-bond acceptors (Lipinski definition) is 3. The van der Waals surface area contributed by atoms with Gasteiger partial charge in [-0.2, -0.15) is 0 Å². The lowest BCUT2D eigenvalue weighted by atomic mass is 9.89. The first kappa shape index (κ1) is 20.0. The van der Waals surface area contributed by atoms with Gasteiger partial charge in [-0.3, -0.25) is 4.99 Å². The Morgan fingerprint density at radius 3 is 2.90 bits per heavy atom. The zero-order valence-corrected chi connectivity index (χ0v) is 17.6. The molecule has 4 rings (SSSR count). The third-order valence-electron chi connectivity index (χ3n) is 6.43. The highest BCUT2D eigenvalue weighted by Crippen LogP contribution is 2.33. The van der Waals surface area contributed by atoms with Crippen LogP contribution in [-0.4, -0.2) is 53.7 Å². The second-order valence-electron chi connectivity index (χ2n) is 8.32. The highest BCUT2D eigenvalue weighted by atomic mass is 16.5. The normalized spacial score (nSPS) is 28.3. The highest BCUT2D eigenvalue weighted by Gasteiger charge is 2.31. The molecule has 156 valence electrons. The van der Waals surface area contributed by atoms with Gasteiger partial charge >= 0.3 is 0 Å². The second-order valence-corrected chi connectivity index (χ2v) is 8.32. The fourth-order valence-corrected chi connectivity index (χ4v) is 4.71. The van der Waals surface area contributed by atoms with Crippen LogP contribution in [0.4, 0.5) is 0 Å². The Balaban J connectivity index is 1.40. The molecular formula is C23H33N5O. The molecule has 2 aliphatic rings. The first-order valence-electron chi connectivity index (χ1n) is 10.9. The summed E-state index contributed by atoms with van der Waals surface area (Å²) >= 11 is 0. The van der Waals surface area contributed by atoms with E-state index in [-0.39, 0.29) is 6.10 Å². The lowest BCUT2D eigenvalue weighted by Gasteiger charge is -2.40. The van der Waals surface area contributed by atoms with Crippen molar-refractivity contribution < 1.29 is 4.74 Å². The molecule has 0 amide bonds. The van der Waals surface area contributed by atoms with Crippen molar-refractivity contribution in [2.75, 3.05) is 33.3 Å². The Kier molecular flexibility index (Phi) is 6.49. The maximum absolute atomic E-state index is 6.16. The van der Waals surface area contributed by atoms with Gasteiger partial charge in [0, 0.05) is 51.6 Å². The molecule has 3 heterocycles. The molecule has 0 spiro atoms. The number of ether oxygens (including phenoxy) is 1. The molecule has 6 nitrogen and oxygen atoms in total. The minimum atomic E-state index is 0.163. The van der Waals surface area contributed by atoms with Gasteiger partial charge in [0.2, 0.25) is 0 Å². The predicted molar refractivity (Wildman–Crippen MR) is 116 cm³/mol. The average Bonchev–Trinajstić information content (AvgIpc) is 3.31. The lowest BCUT2D eigenvalue weighted by molar-refractivity contribution is -0.0267. The van der Waals surface area contributed by atoms with Gasteiger partial charge < -0.3 is 19.5 Å². The van der Waals surface area contributed by atoms with Crippen LogP contribution in [0.2, 0.25) is 0 Å². The van der Waals surface area contributed by atoms with Crippen molar-refractivity contribution in [3.05, 3.63) is 54.6 Å². The van der Waals surface area contributed by atoms with Crippen molar-refractivity contribution in [2.45, 2.75) is 38.3 Å². The number of aliphatic imine (C=N–C) groups is 1. The Morgan fingerprint density at radius 1 is 1.28 bits per heavy atom. The standard InChI is InChI=1S/C23H33N5O/c1-18-10-12-27(16-21(18)28-13-11-25-17-28)23(24-2)26-15-20-9-6-14-29-22(20)19-7-4-3-5-8-19/h3-5,7-8,11,13,17-18,20-22H,6,9-10,12,14-16H2,1-2H3,(H,24,26). The number of nitrogens with one attached hydrogen (secondary N) is 1. The number of likely N-dealkylation sites (tertiary alicyclic amines) is 1. The summed E-state index contributed by atoms with van der Waals surface area (Å²) in [5, 5.41) is 3.66. The summed E-state index contributed by atoms with van der Waals surface area (Å²) in [7, 11) is 1.89. The first-order valence-corrected chi connectivity index (χ1v) is 10.9. The highest BCUT2D eigenvalue weighted by molar-refractivity contribution is 5.80. The van der Waals surface area contributed by atoms with Crippen LogP contribution in [0.1, 0.15) is 43.9 Å². The lowest BCUT2D eigenvalue weighted by Crippen LogP contribution is -2.50. The minimum Gasteiger partial charge on any atom is -0.373 e. The van der Waals surface area contributed by atoms with Crippen LogP contribution in [0.3, 0.4) is 0 Å². The van der Waals surface area contributed by atoms with Gasteiger partial charge in [0.05, 0.1) is 18.5 Å². The van der Waals surface area contributed by atoms with Crippen LogP contribution in [0.5, 0.6) is 0 Å². The summed E-state index contributed by atoms with van der Waals surface area (Å²) in [4.78, 5) is 11.2. The van der Waals surface area contributed by atoms with E-state index in [2.05, 4.69) is 68.2 Å². The fourth-order valence-electron chi connectivity index (χ4n) is 4.71. The molecule has 2 aliphatic heterocycles. The summed E-state index contributed by atoms with van der Waals surface area (Å²) in [6, 6.07) is 11.1. The van der Waals surface area contributed by atoms with E-state index in [4.69, 9.17) is 4.74 Å². The molecular weight excluding hydrogens is 362 g/mol. The Hall–Kier alpha value is -2.34. The number of nitrogens with zero attached hydrogens (tertiary/aromatic N) is 4. The molecule has 1 aromatic heterocycles. The number of rotatable bonds is 4. The van der Waals surface area contributed by atoms with Crippen LogP contribution < -0.4 is 5.32 Å². The average molecular weight is 396 g/mol. The van der Waals surface area contributed by atoms with Crippen LogP contribution in [0, 0.1) is 11.8 Å². The molecule has 0 radical (unpaired) electrons. The third kappa shape index (κ3) is 4.64. The van der Waals surface area contributed by atoms with Gasteiger partial charge in [0.1, 0.15) is 0 Å². The summed E-state index contributed by atoms with van der Waals surface area (Å²) in [6.07, 6.45) is 9.50. The molecule has 1 N–H and O–H groups in total. The van der Waals surface area contributed by atoms with E-state index in [1.807, 2.05) is 19.6 Å². The third-order valence-corrected chi connectivity index (χ3v) is 6.43. The maximum atomic E-state index is 6.16. The molecule has 4 atom stereocenters. The van der Waals surface area contributed by atoms with Crippen molar-refractivity contribution >= 4 is 5.96 Å². The number of benzene rings is 1. The molecule has 0 aliphatic carbocycles. The zero-order chi connectivity index (χ0) is 20.1. The zero-order valence-electron chi connectivity index (χ0n) is 17.6. The monoisotopic (exact) mass is 395 g/mol. The Morgan fingerprint density at radius 2 is 2.14 bits per heavy atom. The molecule has 2 fully saturated rings. The first-order chi connectivity index (χ1) is 14.3. The van der Waals surface area contributed by atoms with E-state index >= 15 is 0 Å². The SMILES string of the molecule is CN=C(NCC1CCCOC1c1ccccc1)N1CCC(C)C(n2ccnc2)C1. The summed E-state index contributed by atoms with van der Waals surface area (Å²) in [5.41, 5.74) is 1.28. The topological polar surface area (TPSA) is 54.7 Å².